The van der Waals surface area contributed by atoms with Crippen LogP contribution in [0.3, 0.4) is 0 Å². The second-order valence-corrected chi connectivity index (χ2v) is 5.36. The molecule has 4 nitrogen and oxygen atoms in total. The van der Waals surface area contributed by atoms with Crippen molar-refractivity contribution in [2.24, 2.45) is 0 Å². The minimum atomic E-state index is 0.159. The van der Waals surface area contributed by atoms with Gasteiger partial charge in [-0.1, -0.05) is 18.2 Å². The van der Waals surface area contributed by atoms with Crippen LogP contribution < -0.4 is 5.32 Å². The molecule has 0 fully saturated rings. The van der Waals surface area contributed by atoms with E-state index in [1.165, 1.54) is 0 Å². The zero-order chi connectivity index (χ0) is 13.2. The summed E-state index contributed by atoms with van der Waals surface area (Å²) in [6, 6.07) is 8.14. The van der Waals surface area contributed by atoms with Gasteiger partial charge in [-0.25, -0.2) is 4.98 Å². The van der Waals surface area contributed by atoms with Crippen molar-refractivity contribution in [3.05, 3.63) is 46.5 Å². The highest BCUT2D eigenvalue weighted by Crippen LogP contribution is 2.26. The first kappa shape index (κ1) is 12.0. The van der Waals surface area contributed by atoms with Crippen LogP contribution in [0.25, 0.3) is 10.9 Å². The summed E-state index contributed by atoms with van der Waals surface area (Å²) in [6.45, 7) is 4.11. The van der Waals surface area contributed by atoms with E-state index in [1.807, 2.05) is 31.2 Å². The van der Waals surface area contributed by atoms with E-state index >= 15 is 0 Å². The summed E-state index contributed by atoms with van der Waals surface area (Å²) in [7, 11) is 0. The number of rotatable bonds is 3. The number of anilines is 1. The van der Waals surface area contributed by atoms with Crippen molar-refractivity contribution in [1.29, 1.82) is 0 Å². The van der Waals surface area contributed by atoms with E-state index in [2.05, 4.69) is 32.8 Å². The molecule has 0 amide bonds. The summed E-state index contributed by atoms with van der Waals surface area (Å²) < 4.78 is 0. The largest absolute Gasteiger partial charge is 0.374 e. The lowest BCUT2D eigenvalue weighted by Crippen LogP contribution is -2.07. The smallest absolute Gasteiger partial charge is 0.115 e. The molecule has 0 spiro atoms. The van der Waals surface area contributed by atoms with Crippen LogP contribution in [-0.4, -0.2) is 15.2 Å². The van der Waals surface area contributed by atoms with Crippen LogP contribution in [0.4, 0.5) is 5.69 Å². The zero-order valence-electron chi connectivity index (χ0n) is 10.8. The van der Waals surface area contributed by atoms with Crippen molar-refractivity contribution in [3.8, 4) is 0 Å². The molecule has 3 aromatic rings. The van der Waals surface area contributed by atoms with E-state index in [-0.39, 0.29) is 6.04 Å². The van der Waals surface area contributed by atoms with Crippen LogP contribution in [0.5, 0.6) is 0 Å². The molecule has 1 N–H and O–H groups in total. The van der Waals surface area contributed by atoms with Crippen molar-refractivity contribution in [2.75, 3.05) is 5.32 Å². The zero-order valence-corrected chi connectivity index (χ0v) is 11.6. The standard InChI is InChI=1S/C14H14N4S/c1-9-8-19-14(16-9)10(2)17-13-7-15-18-12-6-4-3-5-11(12)13/h3-8,10H,1-2H3,(H,17,18). The monoisotopic (exact) mass is 270 g/mol. The van der Waals surface area contributed by atoms with Crippen molar-refractivity contribution < 1.29 is 0 Å². The van der Waals surface area contributed by atoms with Gasteiger partial charge in [0.1, 0.15) is 5.01 Å². The van der Waals surface area contributed by atoms with E-state index in [0.29, 0.717) is 0 Å². The molecule has 0 radical (unpaired) electrons. The fourth-order valence-corrected chi connectivity index (χ4v) is 2.79. The molecule has 5 heteroatoms. The van der Waals surface area contributed by atoms with Crippen LogP contribution in [0.15, 0.2) is 35.8 Å². The van der Waals surface area contributed by atoms with Gasteiger partial charge in [-0.2, -0.15) is 10.2 Å². The molecule has 0 aliphatic rings. The number of nitrogens with one attached hydrogen (secondary N) is 1. The summed E-state index contributed by atoms with van der Waals surface area (Å²) in [6.07, 6.45) is 1.76. The van der Waals surface area contributed by atoms with E-state index < -0.39 is 0 Å². The van der Waals surface area contributed by atoms with E-state index in [4.69, 9.17) is 0 Å². The fourth-order valence-electron chi connectivity index (χ4n) is 1.99. The van der Waals surface area contributed by atoms with Crippen LogP contribution in [0.1, 0.15) is 23.7 Å². The van der Waals surface area contributed by atoms with Crippen molar-refractivity contribution >= 4 is 27.9 Å². The maximum Gasteiger partial charge on any atom is 0.115 e. The van der Waals surface area contributed by atoms with E-state index in [1.54, 1.807) is 17.5 Å². The summed E-state index contributed by atoms with van der Waals surface area (Å²) in [5.74, 6) is 0. The fraction of sp³-hybridized carbons (Fsp3) is 0.214. The van der Waals surface area contributed by atoms with Crippen molar-refractivity contribution in [1.82, 2.24) is 15.2 Å². The Bertz CT molecular complexity index is 702. The lowest BCUT2D eigenvalue weighted by Gasteiger charge is -2.13. The molecule has 19 heavy (non-hydrogen) atoms. The van der Waals surface area contributed by atoms with Gasteiger partial charge in [0.2, 0.25) is 0 Å². The number of aryl methyl sites for hydroxylation is 1. The summed E-state index contributed by atoms with van der Waals surface area (Å²) in [5, 5.41) is 15.8. The minimum Gasteiger partial charge on any atom is -0.374 e. The maximum absolute atomic E-state index is 4.51. The number of hydrogen-bond acceptors (Lipinski definition) is 5. The average Bonchev–Trinajstić information content (AvgIpc) is 2.86. The van der Waals surface area contributed by atoms with Gasteiger partial charge >= 0.3 is 0 Å². The Kier molecular flexibility index (Phi) is 3.13. The Labute approximate surface area is 115 Å². The molecule has 0 bridgehead atoms. The van der Waals surface area contributed by atoms with Gasteiger partial charge in [0.15, 0.2) is 0 Å². The molecule has 1 atom stereocenters. The van der Waals surface area contributed by atoms with Crippen LogP contribution in [-0.2, 0) is 0 Å². The SMILES string of the molecule is Cc1csc(C(C)Nc2cnnc3ccccc23)n1. The summed E-state index contributed by atoms with van der Waals surface area (Å²) in [4.78, 5) is 4.51. The topological polar surface area (TPSA) is 50.7 Å². The molecule has 0 saturated heterocycles. The normalized spacial score (nSPS) is 12.5. The first-order valence-corrected chi connectivity index (χ1v) is 7.01. The second kappa shape index (κ2) is 4.93. The number of nitrogens with zero attached hydrogens (tertiary/aromatic N) is 3. The van der Waals surface area contributed by atoms with Crippen LogP contribution >= 0.6 is 11.3 Å². The van der Waals surface area contributed by atoms with Gasteiger partial charge in [-0.3, -0.25) is 0 Å². The van der Waals surface area contributed by atoms with Gasteiger partial charge in [0.25, 0.3) is 0 Å². The summed E-state index contributed by atoms with van der Waals surface area (Å²) in [5.41, 5.74) is 2.95. The van der Waals surface area contributed by atoms with Crippen molar-refractivity contribution in [3.63, 3.8) is 0 Å². The van der Waals surface area contributed by atoms with Gasteiger partial charge in [0.05, 0.1) is 23.4 Å². The summed E-state index contributed by atoms with van der Waals surface area (Å²) >= 11 is 1.67. The molecule has 3 rings (SSSR count). The predicted octanol–water partition coefficient (Wildman–Crippen LogP) is 3.57. The van der Waals surface area contributed by atoms with Gasteiger partial charge < -0.3 is 5.32 Å². The molecule has 2 heterocycles. The first-order chi connectivity index (χ1) is 9.24. The number of thiazole rings is 1. The van der Waals surface area contributed by atoms with Crippen molar-refractivity contribution in [2.45, 2.75) is 19.9 Å². The Morgan fingerprint density at radius 2 is 2.11 bits per heavy atom. The van der Waals surface area contributed by atoms with E-state index in [0.717, 1.165) is 27.3 Å². The third kappa shape index (κ3) is 2.42. The Hall–Kier alpha value is -2.01. The lowest BCUT2D eigenvalue weighted by atomic mass is 10.2. The molecule has 96 valence electrons. The quantitative estimate of drug-likeness (QED) is 0.790. The third-order valence-electron chi connectivity index (χ3n) is 2.93. The lowest BCUT2D eigenvalue weighted by molar-refractivity contribution is 0.862. The van der Waals surface area contributed by atoms with E-state index in [9.17, 15) is 0 Å². The first-order valence-electron chi connectivity index (χ1n) is 6.13. The molecule has 0 saturated carbocycles. The highest BCUT2D eigenvalue weighted by Gasteiger charge is 2.11. The molecule has 0 aliphatic heterocycles. The Balaban J connectivity index is 1.93. The van der Waals surface area contributed by atoms with Gasteiger partial charge in [0, 0.05) is 16.5 Å². The highest BCUT2D eigenvalue weighted by molar-refractivity contribution is 7.09. The van der Waals surface area contributed by atoms with Crippen LogP contribution in [0.2, 0.25) is 0 Å². The Morgan fingerprint density at radius 1 is 1.26 bits per heavy atom. The molecule has 2 aromatic heterocycles. The molecule has 1 unspecified atom stereocenters. The number of hydrogen-bond donors (Lipinski definition) is 1. The van der Waals surface area contributed by atoms with Gasteiger partial charge in [-0.05, 0) is 19.9 Å². The van der Waals surface area contributed by atoms with Gasteiger partial charge in [-0.15, -0.1) is 11.3 Å². The van der Waals surface area contributed by atoms with Crippen LogP contribution in [0, 0.1) is 6.92 Å². The number of aromatic nitrogens is 3. The minimum absolute atomic E-state index is 0.159. The number of fused-ring (bicyclic) bond motifs is 1. The highest BCUT2D eigenvalue weighted by atomic mass is 32.1. The molecule has 1 aromatic carbocycles. The maximum atomic E-state index is 4.51. The molecular weight excluding hydrogens is 256 g/mol. The predicted molar refractivity (Wildman–Crippen MR) is 78.4 cm³/mol. The molecule has 0 aliphatic carbocycles. The third-order valence-corrected chi connectivity index (χ3v) is 4.07. The second-order valence-electron chi connectivity index (χ2n) is 4.47. The number of benzene rings is 1. The molecular formula is C14H14N4S. The average molecular weight is 270 g/mol. The Morgan fingerprint density at radius 3 is 2.89 bits per heavy atom.